The Morgan fingerprint density at radius 2 is 1.67 bits per heavy atom. The summed E-state index contributed by atoms with van der Waals surface area (Å²) in [4.78, 5) is 0. The van der Waals surface area contributed by atoms with Gasteiger partial charge in [-0.3, -0.25) is 0 Å². The average Bonchev–Trinajstić information content (AvgIpc) is 2.44. The minimum Gasteiger partial charge on any atom is -0.313 e. The maximum absolute atomic E-state index is 13.3. The lowest BCUT2D eigenvalue weighted by Gasteiger charge is -2.12. The van der Waals surface area contributed by atoms with Crippen molar-refractivity contribution < 1.29 is 17.6 Å². The Balaban J connectivity index is 2.37. The molecule has 2 rings (SSSR count). The molecule has 0 fully saturated rings. The van der Waals surface area contributed by atoms with Gasteiger partial charge in [0.25, 0.3) is 0 Å². The molecule has 0 aliphatic carbocycles. The van der Waals surface area contributed by atoms with Crippen molar-refractivity contribution in [1.82, 2.24) is 5.32 Å². The molecule has 0 bridgehead atoms. The smallest absolute Gasteiger partial charge is 0.313 e. The zero-order valence-electron chi connectivity index (χ0n) is 11.5. The van der Waals surface area contributed by atoms with E-state index in [1.54, 1.807) is 6.07 Å². The summed E-state index contributed by atoms with van der Waals surface area (Å²) in [6.07, 6.45) is -4.35. The van der Waals surface area contributed by atoms with Crippen LogP contribution >= 0.6 is 0 Å². The van der Waals surface area contributed by atoms with Crippen molar-refractivity contribution in [2.24, 2.45) is 0 Å². The molecule has 2 aromatic carbocycles. The molecule has 0 heterocycles. The lowest BCUT2D eigenvalue weighted by Crippen LogP contribution is -2.12. The molecule has 112 valence electrons. The van der Waals surface area contributed by atoms with Crippen LogP contribution in [0.15, 0.2) is 42.5 Å². The molecule has 0 aliphatic rings. The summed E-state index contributed by atoms with van der Waals surface area (Å²) in [7, 11) is 0. The van der Waals surface area contributed by atoms with Crippen molar-refractivity contribution in [2.75, 3.05) is 6.54 Å². The molecule has 0 amide bonds. The molecule has 21 heavy (non-hydrogen) atoms. The van der Waals surface area contributed by atoms with E-state index in [1.807, 2.05) is 6.92 Å². The number of hydrogen-bond donors (Lipinski definition) is 1. The maximum Gasteiger partial charge on any atom is 0.416 e. The van der Waals surface area contributed by atoms with Crippen LogP contribution in [-0.2, 0) is 12.7 Å². The Labute approximate surface area is 120 Å². The SMILES string of the molecule is CCNCc1cc(F)ccc1-c1ccc(C(F)(F)F)cc1. The number of benzene rings is 2. The summed E-state index contributed by atoms with van der Waals surface area (Å²) in [6.45, 7) is 3.12. The van der Waals surface area contributed by atoms with Crippen LogP contribution in [0.5, 0.6) is 0 Å². The highest BCUT2D eigenvalue weighted by Crippen LogP contribution is 2.32. The second-order valence-electron chi connectivity index (χ2n) is 4.66. The molecule has 5 heteroatoms. The van der Waals surface area contributed by atoms with Gasteiger partial charge in [0.05, 0.1) is 5.56 Å². The molecular formula is C16H15F4N. The molecule has 0 spiro atoms. The van der Waals surface area contributed by atoms with E-state index in [9.17, 15) is 17.6 Å². The lowest BCUT2D eigenvalue weighted by molar-refractivity contribution is -0.137. The Kier molecular flexibility index (Phi) is 4.63. The average molecular weight is 297 g/mol. The highest BCUT2D eigenvalue weighted by molar-refractivity contribution is 5.67. The van der Waals surface area contributed by atoms with Crippen molar-refractivity contribution in [2.45, 2.75) is 19.6 Å². The molecule has 0 saturated heterocycles. The van der Waals surface area contributed by atoms with E-state index in [1.165, 1.54) is 24.3 Å². The van der Waals surface area contributed by atoms with Crippen LogP contribution in [-0.4, -0.2) is 6.54 Å². The summed E-state index contributed by atoms with van der Waals surface area (Å²) in [5.74, 6) is -0.362. The molecule has 2 aromatic rings. The normalized spacial score (nSPS) is 11.7. The molecule has 0 atom stereocenters. The third kappa shape index (κ3) is 3.82. The van der Waals surface area contributed by atoms with E-state index in [0.29, 0.717) is 12.1 Å². The summed E-state index contributed by atoms with van der Waals surface area (Å²) in [6, 6.07) is 9.19. The van der Waals surface area contributed by atoms with E-state index in [0.717, 1.165) is 29.8 Å². The molecule has 0 saturated carbocycles. The van der Waals surface area contributed by atoms with Gasteiger partial charge in [-0.15, -0.1) is 0 Å². The van der Waals surface area contributed by atoms with E-state index in [-0.39, 0.29) is 5.82 Å². The van der Waals surface area contributed by atoms with Crippen molar-refractivity contribution in [3.63, 3.8) is 0 Å². The predicted octanol–water partition coefficient (Wildman–Crippen LogP) is 4.62. The molecule has 0 aliphatic heterocycles. The monoisotopic (exact) mass is 297 g/mol. The van der Waals surface area contributed by atoms with Gasteiger partial charge in [0.1, 0.15) is 5.82 Å². The highest BCUT2D eigenvalue weighted by atomic mass is 19.4. The summed E-state index contributed by atoms with van der Waals surface area (Å²) >= 11 is 0. The predicted molar refractivity (Wildman–Crippen MR) is 74.2 cm³/mol. The fraction of sp³-hybridized carbons (Fsp3) is 0.250. The van der Waals surface area contributed by atoms with Gasteiger partial charge in [-0.1, -0.05) is 25.1 Å². The third-order valence-corrected chi connectivity index (χ3v) is 3.16. The second kappa shape index (κ2) is 6.26. The first-order valence-corrected chi connectivity index (χ1v) is 6.58. The molecule has 0 unspecified atom stereocenters. The quantitative estimate of drug-likeness (QED) is 0.812. The van der Waals surface area contributed by atoms with Gasteiger partial charge in [-0.2, -0.15) is 13.2 Å². The van der Waals surface area contributed by atoms with Crippen LogP contribution < -0.4 is 5.32 Å². The number of hydrogen-bond acceptors (Lipinski definition) is 1. The van der Waals surface area contributed by atoms with Gasteiger partial charge in [-0.05, 0) is 47.5 Å². The number of alkyl halides is 3. The molecule has 0 aromatic heterocycles. The largest absolute Gasteiger partial charge is 0.416 e. The molecule has 1 nitrogen and oxygen atoms in total. The standard InChI is InChI=1S/C16H15F4N/c1-2-21-10-12-9-14(17)7-8-15(12)11-3-5-13(6-4-11)16(18,19)20/h3-9,21H,2,10H2,1H3. The van der Waals surface area contributed by atoms with Crippen LogP contribution in [0, 0.1) is 5.82 Å². The Morgan fingerprint density at radius 3 is 2.24 bits per heavy atom. The number of halogens is 4. The van der Waals surface area contributed by atoms with Crippen molar-refractivity contribution in [3.8, 4) is 11.1 Å². The van der Waals surface area contributed by atoms with Gasteiger partial charge in [0.15, 0.2) is 0 Å². The van der Waals surface area contributed by atoms with Crippen molar-refractivity contribution >= 4 is 0 Å². The van der Waals surface area contributed by atoms with Crippen molar-refractivity contribution in [1.29, 1.82) is 0 Å². The first kappa shape index (κ1) is 15.5. The van der Waals surface area contributed by atoms with Gasteiger partial charge in [0.2, 0.25) is 0 Å². The van der Waals surface area contributed by atoms with Gasteiger partial charge in [-0.25, -0.2) is 4.39 Å². The minimum atomic E-state index is -4.35. The Bertz CT molecular complexity index is 603. The number of rotatable bonds is 4. The van der Waals surface area contributed by atoms with Gasteiger partial charge in [0, 0.05) is 6.54 Å². The number of nitrogens with one attached hydrogen (secondary N) is 1. The van der Waals surface area contributed by atoms with E-state index in [4.69, 9.17) is 0 Å². The first-order valence-electron chi connectivity index (χ1n) is 6.58. The second-order valence-corrected chi connectivity index (χ2v) is 4.66. The zero-order valence-corrected chi connectivity index (χ0v) is 11.5. The summed E-state index contributed by atoms with van der Waals surface area (Å²) in [5.41, 5.74) is 1.39. The molecule has 0 radical (unpaired) electrons. The Hall–Kier alpha value is -1.88. The molecular weight excluding hydrogens is 282 g/mol. The molecule has 1 N–H and O–H groups in total. The maximum atomic E-state index is 13.3. The first-order chi connectivity index (χ1) is 9.91. The lowest BCUT2D eigenvalue weighted by atomic mass is 9.98. The van der Waals surface area contributed by atoms with E-state index in [2.05, 4.69) is 5.32 Å². The topological polar surface area (TPSA) is 12.0 Å². The van der Waals surface area contributed by atoms with Crippen LogP contribution in [0.4, 0.5) is 17.6 Å². The van der Waals surface area contributed by atoms with Crippen molar-refractivity contribution in [3.05, 3.63) is 59.4 Å². The van der Waals surface area contributed by atoms with E-state index >= 15 is 0 Å². The summed E-state index contributed by atoms with van der Waals surface area (Å²) < 4.78 is 51.0. The van der Waals surface area contributed by atoms with Crippen LogP contribution in [0.25, 0.3) is 11.1 Å². The van der Waals surface area contributed by atoms with E-state index < -0.39 is 11.7 Å². The third-order valence-electron chi connectivity index (χ3n) is 3.16. The minimum absolute atomic E-state index is 0.362. The van der Waals surface area contributed by atoms with Crippen LogP contribution in [0.1, 0.15) is 18.1 Å². The van der Waals surface area contributed by atoms with Crippen LogP contribution in [0.3, 0.4) is 0 Å². The Morgan fingerprint density at radius 1 is 1.00 bits per heavy atom. The zero-order chi connectivity index (χ0) is 15.5. The summed E-state index contributed by atoms with van der Waals surface area (Å²) in [5, 5.41) is 3.09. The van der Waals surface area contributed by atoms with Gasteiger partial charge < -0.3 is 5.32 Å². The fourth-order valence-corrected chi connectivity index (χ4v) is 2.09. The van der Waals surface area contributed by atoms with Crippen LogP contribution in [0.2, 0.25) is 0 Å². The highest BCUT2D eigenvalue weighted by Gasteiger charge is 2.30. The van der Waals surface area contributed by atoms with Gasteiger partial charge >= 0.3 is 6.18 Å². The fourth-order valence-electron chi connectivity index (χ4n) is 2.09.